The maximum absolute atomic E-state index is 10.7. The number of amides is 2. The molecule has 0 bridgehead atoms. The maximum Gasteiger partial charge on any atom is 0.217 e. The van der Waals surface area contributed by atoms with Crippen LogP contribution in [-0.2, 0) is 9.59 Å². The summed E-state index contributed by atoms with van der Waals surface area (Å²) in [5, 5.41) is 0. The molecule has 0 aromatic carbocycles. The van der Waals surface area contributed by atoms with E-state index in [4.69, 9.17) is 11.5 Å². The van der Waals surface area contributed by atoms with Gasteiger partial charge in [0.1, 0.15) is 0 Å². The fourth-order valence-electron chi connectivity index (χ4n) is 5.18. The van der Waals surface area contributed by atoms with Gasteiger partial charge in [-0.1, -0.05) is 161 Å². The highest BCUT2D eigenvalue weighted by Crippen LogP contribution is 2.13. The Balaban J connectivity index is 3.34. The van der Waals surface area contributed by atoms with Crippen LogP contribution in [0.1, 0.15) is 167 Å². The molecule has 0 aromatic rings. The van der Waals surface area contributed by atoms with Gasteiger partial charge in [0.25, 0.3) is 0 Å². The van der Waals surface area contributed by atoms with Crippen LogP contribution in [0.3, 0.4) is 0 Å². The molecule has 0 atom stereocenters. The Labute approximate surface area is 296 Å². The van der Waals surface area contributed by atoms with Gasteiger partial charge < -0.3 is 11.5 Å². The molecule has 48 heavy (non-hydrogen) atoms. The molecule has 2 amide bonds. The quantitative estimate of drug-likeness (QED) is 0.0523. The zero-order valence-electron chi connectivity index (χ0n) is 30.6. The largest absolute Gasteiger partial charge is 0.370 e. The summed E-state index contributed by atoms with van der Waals surface area (Å²) in [7, 11) is 0. The smallest absolute Gasteiger partial charge is 0.217 e. The van der Waals surface area contributed by atoms with Crippen molar-refractivity contribution in [2.24, 2.45) is 11.5 Å². The summed E-state index contributed by atoms with van der Waals surface area (Å²) >= 11 is 0. The van der Waals surface area contributed by atoms with Gasteiger partial charge in [-0.2, -0.15) is 0 Å². The molecule has 0 radical (unpaired) electrons. The van der Waals surface area contributed by atoms with E-state index in [1.807, 2.05) is 0 Å². The van der Waals surface area contributed by atoms with Gasteiger partial charge >= 0.3 is 0 Å². The first-order valence-corrected chi connectivity index (χ1v) is 19.4. The van der Waals surface area contributed by atoms with Crippen LogP contribution < -0.4 is 11.5 Å². The average molecular weight is 661 g/mol. The highest BCUT2D eigenvalue weighted by molar-refractivity contribution is 5.73. The summed E-state index contributed by atoms with van der Waals surface area (Å²) < 4.78 is 0. The molecule has 0 fully saturated rings. The average Bonchev–Trinajstić information content (AvgIpc) is 3.06. The molecule has 270 valence electrons. The summed E-state index contributed by atoms with van der Waals surface area (Å²) in [6, 6.07) is 0. The molecule has 0 heterocycles. The van der Waals surface area contributed by atoms with Crippen LogP contribution in [0.4, 0.5) is 0 Å². The van der Waals surface area contributed by atoms with Crippen molar-refractivity contribution in [3.63, 3.8) is 0 Å². The summed E-state index contributed by atoms with van der Waals surface area (Å²) in [5.74, 6) is -0.427. The Hall–Kier alpha value is -3.14. The van der Waals surface area contributed by atoms with Crippen LogP contribution in [0.25, 0.3) is 0 Å². The number of carbonyl (C=O) groups excluding carboxylic acids is 2. The Morgan fingerprint density at radius 1 is 0.271 bits per heavy atom. The molecule has 0 aliphatic carbocycles. The van der Waals surface area contributed by atoms with Crippen LogP contribution in [-0.4, -0.2) is 11.8 Å². The van der Waals surface area contributed by atoms with Crippen LogP contribution in [0, 0.1) is 0 Å². The van der Waals surface area contributed by atoms with Crippen LogP contribution >= 0.6 is 0 Å². The van der Waals surface area contributed by atoms with Crippen molar-refractivity contribution in [2.75, 3.05) is 0 Å². The lowest BCUT2D eigenvalue weighted by atomic mass is 10.0. The topological polar surface area (TPSA) is 86.2 Å². The molecule has 4 N–H and O–H groups in total. The molecule has 0 spiro atoms. The van der Waals surface area contributed by atoms with Gasteiger partial charge in [-0.05, 0) is 89.9 Å². The van der Waals surface area contributed by atoms with E-state index in [0.717, 1.165) is 64.2 Å². The lowest BCUT2D eigenvalue weighted by Crippen LogP contribution is -2.09. The van der Waals surface area contributed by atoms with E-state index in [1.54, 1.807) is 0 Å². The standard InChI is InChI=1S/C44H72N2O2/c45-43(47)41-39-37-35-33-31-29-27-25-23-21-19-17-15-13-11-9-7-5-3-1-2-4-6-8-10-12-14-16-18-20-22-24-26-28-30-32-34-36-38-40-42-44(46)48/h15-18,21-24,27-30,33-36H,1-14,19-20,25-26,31-32,37-42H2,(H2,45,47)(H2,46,48). The number of unbranched alkanes of at least 4 members (excludes halogenated alkanes) is 15. The lowest BCUT2D eigenvalue weighted by Gasteiger charge is -2.02. The Bertz CT molecular complexity index is 886. The van der Waals surface area contributed by atoms with Crippen molar-refractivity contribution >= 4 is 11.8 Å². The summed E-state index contributed by atoms with van der Waals surface area (Å²) in [5.41, 5.74) is 10.3. The Kier molecular flexibility index (Phi) is 37.4. The number of primary amides is 2. The fourth-order valence-corrected chi connectivity index (χ4v) is 5.18. The molecule has 4 nitrogen and oxygen atoms in total. The third-order valence-electron chi connectivity index (χ3n) is 8.05. The van der Waals surface area contributed by atoms with Gasteiger partial charge in [0.2, 0.25) is 11.8 Å². The lowest BCUT2D eigenvalue weighted by molar-refractivity contribution is -0.118. The second-order valence-corrected chi connectivity index (χ2v) is 12.7. The van der Waals surface area contributed by atoms with E-state index in [-0.39, 0.29) is 11.8 Å². The predicted molar refractivity (Wildman–Crippen MR) is 212 cm³/mol. The van der Waals surface area contributed by atoms with Gasteiger partial charge in [0.15, 0.2) is 0 Å². The second kappa shape index (κ2) is 40.0. The minimum absolute atomic E-state index is 0.214. The highest BCUT2D eigenvalue weighted by Gasteiger charge is 1.94. The van der Waals surface area contributed by atoms with E-state index >= 15 is 0 Å². The van der Waals surface area contributed by atoms with Crippen molar-refractivity contribution in [2.45, 2.75) is 167 Å². The van der Waals surface area contributed by atoms with Crippen LogP contribution in [0.5, 0.6) is 0 Å². The first-order chi connectivity index (χ1) is 23.6. The van der Waals surface area contributed by atoms with E-state index in [0.29, 0.717) is 12.8 Å². The summed E-state index contributed by atoms with van der Waals surface area (Å²) in [4.78, 5) is 21.3. The number of hydrogen-bond donors (Lipinski definition) is 2. The van der Waals surface area contributed by atoms with Gasteiger partial charge in [-0.15, -0.1) is 0 Å². The molecule has 0 saturated heterocycles. The van der Waals surface area contributed by atoms with E-state index < -0.39 is 0 Å². The maximum atomic E-state index is 10.7. The monoisotopic (exact) mass is 661 g/mol. The molecular formula is C44H72N2O2. The molecule has 0 aliphatic heterocycles. The second-order valence-electron chi connectivity index (χ2n) is 12.7. The van der Waals surface area contributed by atoms with Gasteiger partial charge in [0.05, 0.1) is 0 Å². The van der Waals surface area contributed by atoms with Crippen LogP contribution in [0.15, 0.2) is 97.2 Å². The number of allylic oxidation sites excluding steroid dienone is 16. The van der Waals surface area contributed by atoms with Gasteiger partial charge in [-0.3, -0.25) is 9.59 Å². The van der Waals surface area contributed by atoms with Crippen molar-refractivity contribution in [3.05, 3.63) is 97.2 Å². The third-order valence-corrected chi connectivity index (χ3v) is 8.05. The fraction of sp³-hybridized carbons (Fsp3) is 0.591. The minimum atomic E-state index is -0.214. The molecule has 0 rings (SSSR count). The molecular weight excluding hydrogens is 588 g/mol. The van der Waals surface area contributed by atoms with Crippen molar-refractivity contribution < 1.29 is 9.59 Å². The van der Waals surface area contributed by atoms with Crippen LogP contribution in [0.2, 0.25) is 0 Å². The van der Waals surface area contributed by atoms with Crippen molar-refractivity contribution in [3.8, 4) is 0 Å². The molecule has 0 aromatic heterocycles. The van der Waals surface area contributed by atoms with Crippen molar-refractivity contribution in [1.29, 1.82) is 0 Å². The number of carbonyl (C=O) groups is 2. The first-order valence-electron chi connectivity index (χ1n) is 19.4. The normalized spacial score (nSPS) is 12.8. The molecule has 0 unspecified atom stereocenters. The SMILES string of the molecule is NC(=O)CCCC=CCC=CCC=CCC=CCCCCCCCCCCCCCCC=CCC=CCC=CCC=CCCCC(N)=O. The number of rotatable bonds is 35. The number of nitrogens with two attached hydrogens (primary N) is 2. The summed E-state index contributed by atoms with van der Waals surface area (Å²) in [6.07, 6.45) is 65.2. The highest BCUT2D eigenvalue weighted by atomic mass is 16.1. The molecule has 0 saturated carbocycles. The zero-order chi connectivity index (χ0) is 34.9. The van der Waals surface area contributed by atoms with E-state index in [9.17, 15) is 9.59 Å². The molecule has 0 aliphatic rings. The Morgan fingerprint density at radius 3 is 0.688 bits per heavy atom. The predicted octanol–water partition coefficient (Wildman–Crippen LogP) is 12.5. The zero-order valence-corrected chi connectivity index (χ0v) is 30.6. The van der Waals surface area contributed by atoms with Crippen molar-refractivity contribution in [1.82, 2.24) is 0 Å². The number of hydrogen-bond acceptors (Lipinski definition) is 2. The summed E-state index contributed by atoms with van der Waals surface area (Å²) in [6.45, 7) is 0. The van der Waals surface area contributed by atoms with E-state index in [1.165, 1.54) is 89.9 Å². The van der Waals surface area contributed by atoms with Gasteiger partial charge in [-0.25, -0.2) is 0 Å². The molecule has 4 heteroatoms. The van der Waals surface area contributed by atoms with Gasteiger partial charge in [0, 0.05) is 12.8 Å². The van der Waals surface area contributed by atoms with E-state index in [2.05, 4.69) is 97.2 Å². The minimum Gasteiger partial charge on any atom is -0.370 e. The first kappa shape index (κ1) is 44.9. The third kappa shape index (κ3) is 42.9. The Morgan fingerprint density at radius 2 is 0.458 bits per heavy atom.